The summed E-state index contributed by atoms with van der Waals surface area (Å²) >= 11 is 0. The van der Waals surface area contributed by atoms with Gasteiger partial charge in [0.1, 0.15) is 12.4 Å². The van der Waals surface area contributed by atoms with Crippen LogP contribution >= 0.6 is 0 Å². The first-order valence-electron chi connectivity index (χ1n) is 7.15. The standard InChI is InChI=1S/C17H23NO2/c1-6-7-8-14-16-13(5)20-10-15(11(2)3)18(16)9-12(4)17(14)19/h6-9,11,15H,10H2,1-5H3/b7-6-,14-8+. The van der Waals surface area contributed by atoms with Crippen molar-refractivity contribution < 1.29 is 4.74 Å². The molecule has 1 aliphatic heterocycles. The molecule has 0 radical (unpaired) electrons. The van der Waals surface area contributed by atoms with Crippen LogP contribution in [0.15, 0.2) is 23.1 Å². The van der Waals surface area contributed by atoms with Crippen molar-refractivity contribution in [3.05, 3.63) is 44.7 Å². The summed E-state index contributed by atoms with van der Waals surface area (Å²) in [7, 11) is 0. The Morgan fingerprint density at radius 2 is 2.10 bits per heavy atom. The van der Waals surface area contributed by atoms with Crippen LogP contribution in [0.2, 0.25) is 0 Å². The molecule has 3 nitrogen and oxygen atoms in total. The van der Waals surface area contributed by atoms with Crippen molar-refractivity contribution in [1.82, 2.24) is 4.57 Å². The van der Waals surface area contributed by atoms with E-state index in [1.165, 1.54) is 0 Å². The maximum atomic E-state index is 12.4. The van der Waals surface area contributed by atoms with Gasteiger partial charge in [0.15, 0.2) is 5.43 Å². The van der Waals surface area contributed by atoms with Crippen LogP contribution in [-0.4, -0.2) is 11.2 Å². The molecule has 108 valence electrons. The molecule has 0 saturated carbocycles. The largest absolute Gasteiger partial charge is 0.494 e. The third kappa shape index (κ3) is 2.45. The van der Waals surface area contributed by atoms with Gasteiger partial charge in [0, 0.05) is 17.0 Å². The fraction of sp³-hybridized carbons (Fsp3) is 0.471. The summed E-state index contributed by atoms with van der Waals surface area (Å²) in [6.07, 6.45) is 7.69. The molecular formula is C17H23NO2. The maximum absolute atomic E-state index is 12.4. The van der Waals surface area contributed by atoms with Crippen LogP contribution in [0.5, 0.6) is 0 Å². The number of pyridine rings is 1. The smallest absolute Gasteiger partial charge is 0.192 e. The van der Waals surface area contributed by atoms with Crippen LogP contribution in [0.3, 0.4) is 0 Å². The van der Waals surface area contributed by atoms with E-state index in [9.17, 15) is 4.79 Å². The summed E-state index contributed by atoms with van der Waals surface area (Å²) in [5.74, 6) is 1.29. The van der Waals surface area contributed by atoms with Gasteiger partial charge in [-0.2, -0.15) is 0 Å². The van der Waals surface area contributed by atoms with E-state index in [1.807, 2.05) is 45.2 Å². The van der Waals surface area contributed by atoms with Crippen molar-refractivity contribution in [3.63, 3.8) is 0 Å². The van der Waals surface area contributed by atoms with Crippen LogP contribution in [0, 0.1) is 12.8 Å². The lowest BCUT2D eigenvalue weighted by Gasteiger charge is -2.30. The molecule has 0 N–H and O–H groups in total. The van der Waals surface area contributed by atoms with Gasteiger partial charge < -0.3 is 9.30 Å². The molecule has 20 heavy (non-hydrogen) atoms. The zero-order valence-electron chi connectivity index (χ0n) is 12.9. The van der Waals surface area contributed by atoms with Crippen LogP contribution < -0.4 is 16.0 Å². The van der Waals surface area contributed by atoms with Crippen molar-refractivity contribution >= 4 is 11.8 Å². The lowest BCUT2D eigenvalue weighted by atomic mass is 10.0. The molecule has 1 aromatic rings. The lowest BCUT2D eigenvalue weighted by molar-refractivity contribution is 0.158. The molecule has 0 aliphatic carbocycles. The van der Waals surface area contributed by atoms with Crippen LogP contribution in [-0.2, 0) is 4.74 Å². The molecular weight excluding hydrogens is 250 g/mol. The van der Waals surface area contributed by atoms with E-state index < -0.39 is 0 Å². The fourth-order valence-electron chi connectivity index (χ4n) is 2.64. The Hall–Kier alpha value is -1.77. The van der Waals surface area contributed by atoms with Crippen molar-refractivity contribution in [2.24, 2.45) is 5.92 Å². The van der Waals surface area contributed by atoms with E-state index in [1.54, 1.807) is 0 Å². The van der Waals surface area contributed by atoms with Gasteiger partial charge >= 0.3 is 0 Å². The minimum atomic E-state index is 0.0849. The first-order valence-corrected chi connectivity index (χ1v) is 7.15. The molecule has 3 heteroatoms. The van der Waals surface area contributed by atoms with E-state index in [0.717, 1.165) is 21.9 Å². The number of hydrogen-bond acceptors (Lipinski definition) is 2. The first kappa shape index (κ1) is 14.6. The molecule has 2 rings (SSSR count). The Morgan fingerprint density at radius 3 is 2.70 bits per heavy atom. The van der Waals surface area contributed by atoms with Crippen LogP contribution in [0.4, 0.5) is 0 Å². The zero-order valence-corrected chi connectivity index (χ0v) is 12.9. The van der Waals surface area contributed by atoms with Gasteiger partial charge in [0.05, 0.1) is 11.4 Å². The second kappa shape index (κ2) is 5.70. The lowest BCUT2D eigenvalue weighted by Crippen LogP contribution is -2.51. The molecule has 1 aliphatic rings. The van der Waals surface area contributed by atoms with E-state index in [2.05, 4.69) is 18.4 Å². The second-order valence-corrected chi connectivity index (χ2v) is 5.68. The number of allylic oxidation sites excluding steroid dienone is 2. The Balaban J connectivity index is 2.93. The monoisotopic (exact) mass is 273 g/mol. The van der Waals surface area contributed by atoms with Gasteiger partial charge in [-0.3, -0.25) is 4.79 Å². The minimum absolute atomic E-state index is 0.0849. The number of nitrogens with zero attached hydrogens (tertiary/aromatic N) is 1. The quantitative estimate of drug-likeness (QED) is 0.823. The molecule has 2 heterocycles. The van der Waals surface area contributed by atoms with E-state index in [-0.39, 0.29) is 11.5 Å². The molecule has 1 atom stereocenters. The number of fused-ring (bicyclic) bond motifs is 1. The van der Waals surface area contributed by atoms with Crippen LogP contribution in [0.25, 0.3) is 11.8 Å². The number of hydrogen-bond donors (Lipinski definition) is 0. The highest BCUT2D eigenvalue weighted by Crippen LogP contribution is 2.20. The van der Waals surface area contributed by atoms with Crippen molar-refractivity contribution in [2.45, 2.75) is 40.7 Å². The Labute approximate surface area is 119 Å². The van der Waals surface area contributed by atoms with E-state index in [0.29, 0.717) is 12.5 Å². The average Bonchev–Trinajstić information content (AvgIpc) is 2.39. The molecule has 0 amide bonds. The number of aryl methyl sites for hydroxylation is 1. The molecule has 0 spiro atoms. The summed E-state index contributed by atoms with van der Waals surface area (Å²) in [5, 5.41) is 1.65. The SMILES string of the molecule is C/C=C\C=c1\c(=O)c(C)cn2c1=C(C)OCC2C(C)C. The highest BCUT2D eigenvalue weighted by atomic mass is 16.5. The Morgan fingerprint density at radius 1 is 1.40 bits per heavy atom. The summed E-state index contributed by atoms with van der Waals surface area (Å²) in [4.78, 5) is 12.4. The fourth-order valence-corrected chi connectivity index (χ4v) is 2.64. The second-order valence-electron chi connectivity index (χ2n) is 5.68. The third-order valence-electron chi connectivity index (χ3n) is 3.84. The van der Waals surface area contributed by atoms with Gasteiger partial charge in [0.25, 0.3) is 0 Å². The van der Waals surface area contributed by atoms with Gasteiger partial charge in [-0.25, -0.2) is 0 Å². The normalized spacial score (nSPS) is 19.6. The summed E-state index contributed by atoms with van der Waals surface area (Å²) in [5.41, 5.74) is 0.867. The van der Waals surface area contributed by atoms with Crippen LogP contribution in [0.1, 0.15) is 39.3 Å². The summed E-state index contributed by atoms with van der Waals surface area (Å²) < 4.78 is 8.02. The molecule has 1 unspecified atom stereocenters. The van der Waals surface area contributed by atoms with Gasteiger partial charge in [0.2, 0.25) is 0 Å². The third-order valence-corrected chi connectivity index (χ3v) is 3.84. The highest BCUT2D eigenvalue weighted by molar-refractivity contribution is 5.42. The van der Waals surface area contributed by atoms with E-state index >= 15 is 0 Å². The molecule has 0 aromatic carbocycles. The predicted molar refractivity (Wildman–Crippen MR) is 82.9 cm³/mol. The highest BCUT2D eigenvalue weighted by Gasteiger charge is 2.22. The van der Waals surface area contributed by atoms with Crippen molar-refractivity contribution in [1.29, 1.82) is 0 Å². The number of rotatable bonds is 2. The van der Waals surface area contributed by atoms with Crippen molar-refractivity contribution in [3.8, 4) is 0 Å². The molecule has 1 aromatic heterocycles. The van der Waals surface area contributed by atoms with Gasteiger partial charge in [-0.15, -0.1) is 0 Å². The molecule has 0 bridgehead atoms. The predicted octanol–water partition coefficient (Wildman–Crippen LogP) is 1.87. The topological polar surface area (TPSA) is 31.2 Å². The van der Waals surface area contributed by atoms with Crippen molar-refractivity contribution in [2.75, 3.05) is 6.61 Å². The zero-order chi connectivity index (χ0) is 14.9. The summed E-state index contributed by atoms with van der Waals surface area (Å²) in [6.45, 7) is 10.8. The number of aromatic nitrogens is 1. The molecule has 0 fully saturated rings. The average molecular weight is 273 g/mol. The first-order chi connectivity index (χ1) is 9.47. The Kier molecular flexibility index (Phi) is 4.17. The van der Waals surface area contributed by atoms with Gasteiger partial charge in [-0.1, -0.05) is 26.0 Å². The minimum Gasteiger partial charge on any atom is -0.494 e. The van der Waals surface area contributed by atoms with Gasteiger partial charge in [-0.05, 0) is 32.8 Å². The molecule has 0 saturated heterocycles. The number of ether oxygens (including phenoxy) is 1. The maximum Gasteiger partial charge on any atom is 0.192 e. The van der Waals surface area contributed by atoms with E-state index in [4.69, 9.17) is 4.74 Å². The Bertz CT molecular complexity index is 708. The summed E-state index contributed by atoms with van der Waals surface area (Å²) in [6, 6.07) is 0.269.